The molecule has 36 heavy (non-hydrogen) atoms. The fourth-order valence-corrected chi connectivity index (χ4v) is 5.77. The SMILES string of the molecule is O=C(NCCNC(=O)C(Sc1ccccc1)c1ccccc1)C(Sc1ccccc1)c1ccccc1. The molecule has 2 unspecified atom stereocenters. The van der Waals surface area contributed by atoms with Gasteiger partial charge in [-0.05, 0) is 35.4 Å². The molecule has 0 aliphatic rings. The molecule has 4 rings (SSSR count). The van der Waals surface area contributed by atoms with Crippen molar-refractivity contribution in [3.8, 4) is 0 Å². The van der Waals surface area contributed by atoms with Gasteiger partial charge in [0.15, 0.2) is 0 Å². The van der Waals surface area contributed by atoms with Crippen molar-refractivity contribution in [1.29, 1.82) is 0 Å². The van der Waals surface area contributed by atoms with Crippen molar-refractivity contribution in [3.63, 3.8) is 0 Å². The Kier molecular flexibility index (Phi) is 9.65. The van der Waals surface area contributed by atoms with Gasteiger partial charge in [0, 0.05) is 22.9 Å². The van der Waals surface area contributed by atoms with Crippen molar-refractivity contribution >= 4 is 35.3 Å². The Morgan fingerprint density at radius 1 is 0.500 bits per heavy atom. The molecule has 0 spiro atoms. The standard InChI is InChI=1S/C30H28N2O2S2/c33-29(27(23-13-5-1-6-14-23)35-25-17-9-3-10-18-25)31-21-22-32-30(34)28(24-15-7-2-8-16-24)36-26-19-11-4-12-20-26/h1-20,27-28H,21-22H2,(H,31,33)(H,32,34). The number of thioether (sulfide) groups is 2. The number of benzene rings is 4. The summed E-state index contributed by atoms with van der Waals surface area (Å²) in [7, 11) is 0. The molecule has 2 atom stereocenters. The van der Waals surface area contributed by atoms with E-state index in [2.05, 4.69) is 10.6 Å². The number of hydrogen-bond donors (Lipinski definition) is 2. The lowest BCUT2D eigenvalue weighted by Gasteiger charge is -2.19. The molecule has 0 aromatic heterocycles. The van der Waals surface area contributed by atoms with Crippen molar-refractivity contribution in [1.82, 2.24) is 10.6 Å². The first-order chi connectivity index (χ1) is 17.7. The fraction of sp³-hybridized carbons (Fsp3) is 0.133. The fourth-order valence-electron chi connectivity index (χ4n) is 3.63. The maximum absolute atomic E-state index is 13.1. The molecule has 0 radical (unpaired) electrons. The average molecular weight is 513 g/mol. The minimum Gasteiger partial charge on any atom is -0.353 e. The van der Waals surface area contributed by atoms with Crippen LogP contribution in [0.2, 0.25) is 0 Å². The summed E-state index contributed by atoms with van der Waals surface area (Å²) in [5.41, 5.74) is 1.88. The van der Waals surface area contributed by atoms with Gasteiger partial charge in [-0.15, -0.1) is 23.5 Å². The van der Waals surface area contributed by atoms with Crippen LogP contribution in [-0.2, 0) is 9.59 Å². The minimum absolute atomic E-state index is 0.0810. The van der Waals surface area contributed by atoms with Crippen molar-refractivity contribution in [3.05, 3.63) is 132 Å². The zero-order chi connectivity index (χ0) is 25.0. The third-order valence-corrected chi connectivity index (χ3v) is 7.93. The second kappa shape index (κ2) is 13.6. The second-order valence-corrected chi connectivity index (χ2v) is 10.4. The lowest BCUT2D eigenvalue weighted by Crippen LogP contribution is -2.37. The maximum Gasteiger partial charge on any atom is 0.238 e. The summed E-state index contributed by atoms with van der Waals surface area (Å²) in [6, 6.07) is 39.3. The lowest BCUT2D eigenvalue weighted by atomic mass is 10.1. The van der Waals surface area contributed by atoms with Crippen molar-refractivity contribution in [2.45, 2.75) is 20.3 Å². The average Bonchev–Trinajstić information content (AvgIpc) is 2.94. The van der Waals surface area contributed by atoms with E-state index < -0.39 is 0 Å². The molecule has 0 bridgehead atoms. The van der Waals surface area contributed by atoms with E-state index >= 15 is 0 Å². The van der Waals surface area contributed by atoms with Gasteiger partial charge in [-0.3, -0.25) is 9.59 Å². The molecular weight excluding hydrogens is 484 g/mol. The van der Waals surface area contributed by atoms with Gasteiger partial charge in [0.2, 0.25) is 11.8 Å². The summed E-state index contributed by atoms with van der Waals surface area (Å²) in [5.74, 6) is -0.162. The molecule has 6 heteroatoms. The van der Waals surface area contributed by atoms with Crippen LogP contribution in [0.3, 0.4) is 0 Å². The van der Waals surface area contributed by atoms with E-state index in [1.54, 1.807) is 0 Å². The Morgan fingerprint density at radius 2 is 0.806 bits per heavy atom. The maximum atomic E-state index is 13.1. The summed E-state index contributed by atoms with van der Waals surface area (Å²) in [5, 5.41) is 5.25. The van der Waals surface area contributed by atoms with Crippen LogP contribution in [0, 0.1) is 0 Å². The summed E-state index contributed by atoms with van der Waals surface area (Å²) in [6.07, 6.45) is 0. The Morgan fingerprint density at radius 3 is 1.14 bits per heavy atom. The zero-order valence-corrected chi connectivity index (χ0v) is 21.4. The van der Waals surface area contributed by atoms with Crippen LogP contribution in [-0.4, -0.2) is 24.9 Å². The van der Waals surface area contributed by atoms with Crippen LogP contribution in [0.1, 0.15) is 21.6 Å². The van der Waals surface area contributed by atoms with Crippen molar-refractivity contribution < 1.29 is 9.59 Å². The molecule has 2 N–H and O–H groups in total. The normalized spacial score (nSPS) is 12.3. The quantitative estimate of drug-likeness (QED) is 0.183. The lowest BCUT2D eigenvalue weighted by molar-refractivity contribution is -0.122. The van der Waals surface area contributed by atoms with Gasteiger partial charge in [-0.1, -0.05) is 97.1 Å². The van der Waals surface area contributed by atoms with E-state index in [1.165, 1.54) is 23.5 Å². The smallest absolute Gasteiger partial charge is 0.238 e. The van der Waals surface area contributed by atoms with Gasteiger partial charge in [0.1, 0.15) is 10.5 Å². The molecule has 182 valence electrons. The van der Waals surface area contributed by atoms with Crippen LogP contribution in [0.15, 0.2) is 131 Å². The van der Waals surface area contributed by atoms with Crippen LogP contribution < -0.4 is 10.6 Å². The molecular formula is C30H28N2O2S2. The van der Waals surface area contributed by atoms with Crippen molar-refractivity contribution in [2.75, 3.05) is 13.1 Å². The zero-order valence-electron chi connectivity index (χ0n) is 19.7. The number of carbonyl (C=O) groups is 2. The van der Waals surface area contributed by atoms with E-state index in [0.717, 1.165) is 20.9 Å². The Bertz CT molecular complexity index is 1120. The molecule has 0 fully saturated rings. The number of carbonyl (C=O) groups excluding carboxylic acids is 2. The van der Waals surface area contributed by atoms with Gasteiger partial charge >= 0.3 is 0 Å². The minimum atomic E-state index is -0.380. The third-order valence-electron chi connectivity index (χ3n) is 5.40. The molecule has 4 aromatic rings. The number of amides is 2. The van der Waals surface area contributed by atoms with E-state index in [4.69, 9.17) is 0 Å². The predicted molar refractivity (Wildman–Crippen MR) is 149 cm³/mol. The van der Waals surface area contributed by atoms with E-state index in [9.17, 15) is 9.59 Å². The van der Waals surface area contributed by atoms with Gasteiger partial charge in [0.25, 0.3) is 0 Å². The summed E-state index contributed by atoms with van der Waals surface area (Å²) < 4.78 is 0. The molecule has 0 aliphatic heterocycles. The highest BCUT2D eigenvalue weighted by Crippen LogP contribution is 2.36. The summed E-state index contributed by atoms with van der Waals surface area (Å²) in [4.78, 5) is 28.3. The first kappa shape index (κ1) is 25.6. The van der Waals surface area contributed by atoms with E-state index in [-0.39, 0.29) is 22.3 Å². The molecule has 4 nitrogen and oxygen atoms in total. The van der Waals surface area contributed by atoms with E-state index in [0.29, 0.717) is 13.1 Å². The molecule has 2 amide bonds. The first-order valence-corrected chi connectivity index (χ1v) is 13.6. The Hall–Kier alpha value is -3.48. The van der Waals surface area contributed by atoms with Crippen molar-refractivity contribution in [2.24, 2.45) is 0 Å². The largest absolute Gasteiger partial charge is 0.353 e. The number of hydrogen-bond acceptors (Lipinski definition) is 4. The Labute approximate surface area is 220 Å². The van der Waals surface area contributed by atoms with Gasteiger partial charge in [-0.2, -0.15) is 0 Å². The van der Waals surface area contributed by atoms with Crippen LogP contribution in [0.5, 0.6) is 0 Å². The van der Waals surface area contributed by atoms with Crippen LogP contribution in [0.4, 0.5) is 0 Å². The molecule has 0 aliphatic carbocycles. The topological polar surface area (TPSA) is 58.2 Å². The molecule has 4 aromatic carbocycles. The summed E-state index contributed by atoms with van der Waals surface area (Å²) >= 11 is 3.03. The summed E-state index contributed by atoms with van der Waals surface area (Å²) in [6.45, 7) is 0.696. The van der Waals surface area contributed by atoms with E-state index in [1.807, 2.05) is 121 Å². The number of rotatable bonds is 11. The highest BCUT2D eigenvalue weighted by Gasteiger charge is 2.23. The van der Waals surface area contributed by atoms with Gasteiger partial charge in [0.05, 0.1) is 0 Å². The van der Waals surface area contributed by atoms with Gasteiger partial charge < -0.3 is 10.6 Å². The monoisotopic (exact) mass is 512 g/mol. The van der Waals surface area contributed by atoms with Crippen LogP contribution in [0.25, 0.3) is 0 Å². The second-order valence-electron chi connectivity index (χ2n) is 8.03. The van der Waals surface area contributed by atoms with Gasteiger partial charge in [-0.25, -0.2) is 0 Å². The highest BCUT2D eigenvalue weighted by molar-refractivity contribution is 8.00. The molecule has 0 saturated heterocycles. The predicted octanol–water partition coefficient (Wildman–Crippen LogP) is 6.29. The highest BCUT2D eigenvalue weighted by atomic mass is 32.2. The Balaban J connectivity index is 1.36. The molecule has 0 heterocycles. The number of nitrogens with one attached hydrogen (secondary N) is 2. The van der Waals surface area contributed by atoms with Crippen LogP contribution >= 0.6 is 23.5 Å². The molecule has 0 saturated carbocycles. The third kappa shape index (κ3) is 7.51. The first-order valence-electron chi connectivity index (χ1n) is 11.8.